The molecular weight excluding hydrogens is 372 g/mol. The smallest absolute Gasteiger partial charge is 0.331 e. The molecular formula is C18H16N2O6S. The van der Waals surface area contributed by atoms with Gasteiger partial charge in [0.15, 0.2) is 18.1 Å². The van der Waals surface area contributed by atoms with Crippen LogP contribution < -0.4 is 20.1 Å². The largest absolute Gasteiger partial charge is 0.486 e. The predicted octanol–water partition coefficient (Wildman–Crippen LogP) is 2.42. The number of imide groups is 1. The fourth-order valence-corrected chi connectivity index (χ4v) is 2.79. The van der Waals surface area contributed by atoms with Gasteiger partial charge in [-0.05, 0) is 40.6 Å². The van der Waals surface area contributed by atoms with Crippen molar-refractivity contribution in [1.29, 1.82) is 0 Å². The van der Waals surface area contributed by atoms with Crippen molar-refractivity contribution in [2.75, 3.05) is 25.1 Å². The van der Waals surface area contributed by atoms with Gasteiger partial charge in [-0.25, -0.2) is 9.59 Å². The van der Waals surface area contributed by atoms with E-state index in [4.69, 9.17) is 14.2 Å². The summed E-state index contributed by atoms with van der Waals surface area (Å²) in [6, 6.07) is 5.96. The first kappa shape index (κ1) is 18.5. The second-order valence-electron chi connectivity index (χ2n) is 5.36. The minimum Gasteiger partial charge on any atom is -0.486 e. The number of anilines is 1. The number of hydrogen-bond acceptors (Lipinski definition) is 7. The number of fused-ring (bicyclic) bond motifs is 1. The minimum atomic E-state index is -0.749. The summed E-state index contributed by atoms with van der Waals surface area (Å²) in [4.78, 5) is 35.1. The van der Waals surface area contributed by atoms with Crippen LogP contribution in [-0.2, 0) is 14.3 Å². The molecule has 0 fully saturated rings. The molecule has 0 aliphatic carbocycles. The molecule has 3 rings (SSSR count). The molecule has 1 aliphatic heterocycles. The summed E-state index contributed by atoms with van der Waals surface area (Å²) in [6.45, 7) is 0.324. The van der Waals surface area contributed by atoms with Crippen LogP contribution in [0.4, 0.5) is 10.5 Å². The lowest BCUT2D eigenvalue weighted by Crippen LogP contribution is -2.37. The van der Waals surface area contributed by atoms with Gasteiger partial charge in [0.2, 0.25) is 0 Å². The van der Waals surface area contributed by atoms with Crippen LogP contribution in [0, 0.1) is 0 Å². The zero-order valence-electron chi connectivity index (χ0n) is 14.1. The maximum absolute atomic E-state index is 11.8. The highest BCUT2D eigenvalue weighted by Crippen LogP contribution is 2.32. The average Bonchev–Trinajstić information content (AvgIpc) is 3.18. The lowest BCUT2D eigenvalue weighted by molar-refractivity contribution is -0.143. The van der Waals surface area contributed by atoms with E-state index in [0.717, 1.165) is 5.56 Å². The van der Waals surface area contributed by atoms with E-state index >= 15 is 0 Å². The Morgan fingerprint density at radius 3 is 2.74 bits per heavy atom. The van der Waals surface area contributed by atoms with Gasteiger partial charge in [-0.1, -0.05) is 0 Å². The summed E-state index contributed by atoms with van der Waals surface area (Å²) in [5.74, 6) is -0.326. The number of urea groups is 1. The Morgan fingerprint density at radius 2 is 1.96 bits per heavy atom. The third-order valence-electron chi connectivity index (χ3n) is 3.35. The van der Waals surface area contributed by atoms with Crippen molar-refractivity contribution in [2.24, 2.45) is 0 Å². The van der Waals surface area contributed by atoms with Gasteiger partial charge < -0.3 is 19.5 Å². The number of rotatable bonds is 5. The number of nitrogens with one attached hydrogen (secondary N) is 2. The number of carbonyl (C=O) groups is 3. The van der Waals surface area contributed by atoms with E-state index in [2.05, 4.69) is 10.6 Å². The third-order valence-corrected chi connectivity index (χ3v) is 4.06. The zero-order valence-corrected chi connectivity index (χ0v) is 14.9. The first-order chi connectivity index (χ1) is 13.1. The molecule has 2 heterocycles. The van der Waals surface area contributed by atoms with E-state index in [9.17, 15) is 14.4 Å². The molecule has 0 radical (unpaired) electrons. The lowest BCUT2D eigenvalue weighted by Gasteiger charge is -2.19. The molecule has 2 N–H and O–H groups in total. The number of benzene rings is 1. The van der Waals surface area contributed by atoms with Gasteiger partial charge in [-0.3, -0.25) is 10.1 Å². The Hall–Kier alpha value is -3.33. The molecule has 9 heteroatoms. The molecule has 1 aromatic carbocycles. The molecule has 0 unspecified atom stereocenters. The van der Waals surface area contributed by atoms with Crippen LogP contribution in [0.15, 0.2) is 41.1 Å². The molecule has 2 aromatic rings. The van der Waals surface area contributed by atoms with Gasteiger partial charge >= 0.3 is 12.0 Å². The van der Waals surface area contributed by atoms with Crippen LogP contribution in [0.2, 0.25) is 0 Å². The van der Waals surface area contributed by atoms with Crippen molar-refractivity contribution >= 4 is 41.0 Å². The molecule has 1 aliphatic rings. The molecule has 140 valence electrons. The van der Waals surface area contributed by atoms with Gasteiger partial charge in [0.05, 0.1) is 0 Å². The highest BCUT2D eigenvalue weighted by Gasteiger charge is 2.14. The SMILES string of the molecule is O=C(COC(=O)/C=C/c1ccsc1)NC(=O)Nc1ccc2c(c1)OCCO2. The quantitative estimate of drug-likeness (QED) is 0.602. The lowest BCUT2D eigenvalue weighted by atomic mass is 10.2. The fraction of sp³-hybridized carbons (Fsp3) is 0.167. The standard InChI is InChI=1S/C18H16N2O6S/c21-16(10-26-17(22)4-1-12-5-8-27-11-12)20-18(23)19-13-2-3-14-15(9-13)25-7-6-24-14/h1-5,8-9,11H,6-7,10H2,(H2,19,20,21,23)/b4-1+. The third kappa shape index (κ3) is 5.58. The summed E-state index contributed by atoms with van der Waals surface area (Å²) < 4.78 is 15.6. The van der Waals surface area contributed by atoms with Gasteiger partial charge in [-0.2, -0.15) is 11.3 Å². The molecule has 0 spiro atoms. The normalized spacial score (nSPS) is 12.4. The second-order valence-corrected chi connectivity index (χ2v) is 6.14. The minimum absolute atomic E-state index is 0.424. The summed E-state index contributed by atoms with van der Waals surface area (Å²) in [5, 5.41) is 8.30. The van der Waals surface area contributed by atoms with Gasteiger partial charge in [0.25, 0.3) is 5.91 Å². The summed E-state index contributed by atoms with van der Waals surface area (Å²) in [7, 11) is 0. The Labute approximate surface area is 158 Å². The Balaban J connectivity index is 1.42. The Morgan fingerprint density at radius 1 is 1.15 bits per heavy atom. The summed E-state index contributed by atoms with van der Waals surface area (Å²) in [6.07, 6.45) is 2.79. The van der Waals surface area contributed by atoms with Crippen LogP contribution in [0.3, 0.4) is 0 Å². The van der Waals surface area contributed by atoms with E-state index in [1.54, 1.807) is 24.3 Å². The zero-order chi connectivity index (χ0) is 19.1. The average molecular weight is 388 g/mol. The highest BCUT2D eigenvalue weighted by atomic mass is 32.1. The van der Waals surface area contributed by atoms with E-state index in [-0.39, 0.29) is 0 Å². The molecule has 0 saturated heterocycles. The van der Waals surface area contributed by atoms with Gasteiger partial charge in [0, 0.05) is 17.8 Å². The molecule has 0 atom stereocenters. The maximum Gasteiger partial charge on any atom is 0.331 e. The highest BCUT2D eigenvalue weighted by molar-refractivity contribution is 7.08. The fourth-order valence-electron chi connectivity index (χ4n) is 2.17. The molecule has 1 aromatic heterocycles. The van der Waals surface area contributed by atoms with Crippen LogP contribution in [0.1, 0.15) is 5.56 Å². The van der Waals surface area contributed by atoms with Crippen LogP contribution >= 0.6 is 11.3 Å². The molecule has 8 nitrogen and oxygen atoms in total. The topological polar surface area (TPSA) is 103 Å². The maximum atomic E-state index is 11.8. The van der Waals surface area contributed by atoms with Crippen molar-refractivity contribution in [3.8, 4) is 11.5 Å². The van der Waals surface area contributed by atoms with Crippen molar-refractivity contribution in [1.82, 2.24) is 5.32 Å². The second kappa shape index (κ2) is 8.86. The van der Waals surface area contributed by atoms with E-state index in [0.29, 0.717) is 30.4 Å². The van der Waals surface area contributed by atoms with Gasteiger partial charge in [-0.15, -0.1) is 0 Å². The van der Waals surface area contributed by atoms with Crippen molar-refractivity contribution in [2.45, 2.75) is 0 Å². The molecule has 27 heavy (non-hydrogen) atoms. The molecule has 0 saturated carbocycles. The number of thiophene rings is 1. The van der Waals surface area contributed by atoms with Gasteiger partial charge in [0.1, 0.15) is 13.2 Å². The predicted molar refractivity (Wildman–Crippen MR) is 98.9 cm³/mol. The van der Waals surface area contributed by atoms with Crippen molar-refractivity contribution < 1.29 is 28.6 Å². The number of hydrogen-bond donors (Lipinski definition) is 2. The first-order valence-electron chi connectivity index (χ1n) is 7.98. The monoisotopic (exact) mass is 388 g/mol. The van der Waals surface area contributed by atoms with Crippen molar-refractivity contribution in [3.05, 3.63) is 46.7 Å². The number of amides is 3. The van der Waals surface area contributed by atoms with Crippen LogP contribution in [-0.4, -0.2) is 37.7 Å². The Kier molecular flexibility index (Phi) is 6.06. The summed E-state index contributed by atoms with van der Waals surface area (Å²) >= 11 is 1.50. The summed E-state index contributed by atoms with van der Waals surface area (Å²) in [5.41, 5.74) is 1.29. The van der Waals surface area contributed by atoms with Crippen LogP contribution in [0.5, 0.6) is 11.5 Å². The van der Waals surface area contributed by atoms with E-state index in [1.165, 1.54) is 17.4 Å². The van der Waals surface area contributed by atoms with Crippen molar-refractivity contribution in [3.63, 3.8) is 0 Å². The Bertz CT molecular complexity index is 863. The van der Waals surface area contributed by atoms with Crippen LogP contribution in [0.25, 0.3) is 6.08 Å². The number of ether oxygens (including phenoxy) is 3. The first-order valence-corrected chi connectivity index (χ1v) is 8.92. The van der Waals surface area contributed by atoms with E-state index < -0.39 is 24.5 Å². The molecule has 0 bridgehead atoms. The molecule has 3 amide bonds. The number of esters is 1. The number of carbonyl (C=O) groups excluding carboxylic acids is 3. The van der Waals surface area contributed by atoms with E-state index in [1.807, 2.05) is 16.8 Å².